The zero-order valence-electron chi connectivity index (χ0n) is 19.9. The van der Waals surface area contributed by atoms with Crippen molar-refractivity contribution in [2.75, 3.05) is 11.9 Å². The van der Waals surface area contributed by atoms with Crippen molar-refractivity contribution < 1.29 is 28.8 Å². The van der Waals surface area contributed by atoms with Gasteiger partial charge < -0.3 is 9.57 Å². The topological polar surface area (TPSA) is 102 Å². The van der Waals surface area contributed by atoms with E-state index in [1.54, 1.807) is 12.1 Å². The van der Waals surface area contributed by atoms with E-state index >= 15 is 0 Å². The molecule has 0 unspecified atom stereocenters. The Morgan fingerprint density at radius 1 is 0.684 bits per heavy atom. The summed E-state index contributed by atoms with van der Waals surface area (Å²) in [5, 5.41) is 3.10. The summed E-state index contributed by atoms with van der Waals surface area (Å²) in [6.45, 7) is 0.171. The van der Waals surface area contributed by atoms with Crippen molar-refractivity contribution in [1.82, 2.24) is 5.06 Å². The average molecular weight is 504 g/mol. The largest absolute Gasteiger partial charge is 0.448 e. The molecule has 2 aliphatic rings. The summed E-state index contributed by atoms with van der Waals surface area (Å²) in [5.74, 6) is -2.35. The number of hydrogen-bond donors (Lipinski definition) is 1. The lowest BCUT2D eigenvalue weighted by Crippen LogP contribution is -2.32. The molecule has 8 nitrogen and oxygen atoms in total. The van der Waals surface area contributed by atoms with Crippen LogP contribution in [0.3, 0.4) is 0 Å². The Kier molecular flexibility index (Phi) is 5.69. The predicted molar refractivity (Wildman–Crippen MR) is 137 cm³/mol. The van der Waals surface area contributed by atoms with Gasteiger partial charge in [-0.15, -0.1) is 0 Å². The maximum Gasteiger partial charge on any atom is 0.411 e. The van der Waals surface area contributed by atoms with Crippen LogP contribution in [0.15, 0.2) is 97.1 Å². The Labute approximate surface area is 217 Å². The molecule has 1 aliphatic carbocycles. The number of imide groups is 1. The van der Waals surface area contributed by atoms with E-state index in [9.17, 15) is 19.2 Å². The molecule has 4 aromatic rings. The Hall–Kier alpha value is -5.24. The van der Waals surface area contributed by atoms with Crippen LogP contribution in [0.5, 0.6) is 0 Å². The number of benzene rings is 4. The number of ether oxygens (including phenoxy) is 1. The van der Waals surface area contributed by atoms with Gasteiger partial charge in [-0.2, -0.15) is 0 Å². The van der Waals surface area contributed by atoms with Crippen molar-refractivity contribution in [3.8, 4) is 11.1 Å². The minimum absolute atomic E-state index is 0.0626. The van der Waals surface area contributed by atoms with Crippen LogP contribution in [-0.2, 0) is 9.57 Å². The molecule has 1 aliphatic heterocycles. The van der Waals surface area contributed by atoms with Gasteiger partial charge in [-0.05, 0) is 58.7 Å². The molecule has 1 N–H and O–H groups in total. The van der Waals surface area contributed by atoms with Crippen molar-refractivity contribution >= 4 is 29.6 Å². The number of hydroxylamine groups is 2. The number of nitrogens with zero attached hydrogens (tertiary/aromatic N) is 1. The molecule has 0 atom stereocenters. The molecule has 38 heavy (non-hydrogen) atoms. The minimum atomic E-state index is -0.882. The number of carbonyl (C=O) groups excluding carboxylic acids is 4. The highest BCUT2D eigenvalue weighted by atomic mass is 16.7. The number of carbonyl (C=O) groups is 4. The summed E-state index contributed by atoms with van der Waals surface area (Å²) < 4.78 is 5.54. The third kappa shape index (κ3) is 3.98. The second kappa shape index (κ2) is 9.33. The van der Waals surface area contributed by atoms with E-state index in [-0.39, 0.29) is 29.2 Å². The minimum Gasteiger partial charge on any atom is -0.448 e. The van der Waals surface area contributed by atoms with E-state index in [4.69, 9.17) is 9.57 Å². The smallest absolute Gasteiger partial charge is 0.411 e. The van der Waals surface area contributed by atoms with Gasteiger partial charge in [0.05, 0.1) is 16.7 Å². The van der Waals surface area contributed by atoms with Crippen LogP contribution in [0.2, 0.25) is 0 Å². The molecule has 4 aromatic carbocycles. The first-order valence-corrected chi connectivity index (χ1v) is 11.9. The summed E-state index contributed by atoms with van der Waals surface area (Å²) >= 11 is 0. The van der Waals surface area contributed by atoms with Crippen LogP contribution in [0, 0.1) is 0 Å². The molecule has 3 amide bonds. The first-order chi connectivity index (χ1) is 18.5. The van der Waals surface area contributed by atoms with Crippen molar-refractivity contribution in [3.05, 3.63) is 125 Å². The number of rotatable bonds is 5. The molecule has 0 saturated carbocycles. The third-order valence-corrected chi connectivity index (χ3v) is 6.64. The van der Waals surface area contributed by atoms with Crippen LogP contribution in [-0.4, -0.2) is 35.5 Å². The molecule has 0 saturated heterocycles. The van der Waals surface area contributed by atoms with Gasteiger partial charge >= 0.3 is 12.1 Å². The highest BCUT2D eigenvalue weighted by Gasteiger charge is 2.38. The van der Waals surface area contributed by atoms with Gasteiger partial charge in [0.15, 0.2) is 0 Å². The van der Waals surface area contributed by atoms with E-state index in [1.165, 1.54) is 36.4 Å². The molecular formula is C30H20N2O6. The molecule has 186 valence electrons. The molecule has 0 aromatic heterocycles. The number of amides is 3. The number of nitrogens with one attached hydrogen (secondary N) is 1. The van der Waals surface area contributed by atoms with Gasteiger partial charge in [-0.1, -0.05) is 65.7 Å². The lowest BCUT2D eigenvalue weighted by molar-refractivity contribution is -0.0584. The van der Waals surface area contributed by atoms with E-state index in [2.05, 4.69) is 17.4 Å². The summed E-state index contributed by atoms with van der Waals surface area (Å²) in [6.07, 6.45) is -0.631. The molecule has 0 fully saturated rings. The van der Waals surface area contributed by atoms with Crippen LogP contribution in [0.25, 0.3) is 11.1 Å². The number of fused-ring (bicyclic) bond motifs is 4. The summed E-state index contributed by atoms with van der Waals surface area (Å²) in [7, 11) is 0. The first kappa shape index (κ1) is 23.2. The maximum absolute atomic E-state index is 12.5. The van der Waals surface area contributed by atoms with Gasteiger partial charge in [0.2, 0.25) is 0 Å². The summed E-state index contributed by atoms with van der Waals surface area (Å²) in [5.41, 5.74) is 5.35. The van der Waals surface area contributed by atoms with Gasteiger partial charge in [0.1, 0.15) is 6.61 Å². The fraction of sp³-hybridized carbons (Fsp3) is 0.0667. The van der Waals surface area contributed by atoms with E-state index in [0.717, 1.165) is 22.3 Å². The second-order valence-corrected chi connectivity index (χ2v) is 8.86. The van der Waals surface area contributed by atoms with Crippen LogP contribution < -0.4 is 5.32 Å². The SMILES string of the molecule is O=C(Nc1ccc(C(=O)ON2C(=O)c3ccccc3C2=O)cc1)OCC1c2ccccc2-c2ccccc21. The normalized spacial score (nSPS) is 13.5. The fourth-order valence-electron chi connectivity index (χ4n) is 4.83. The molecular weight excluding hydrogens is 484 g/mol. The number of anilines is 1. The van der Waals surface area contributed by atoms with Crippen molar-refractivity contribution in [1.29, 1.82) is 0 Å². The van der Waals surface area contributed by atoms with Gasteiger partial charge in [-0.25, -0.2) is 9.59 Å². The van der Waals surface area contributed by atoms with Crippen LogP contribution in [0.1, 0.15) is 48.1 Å². The lowest BCUT2D eigenvalue weighted by atomic mass is 9.98. The summed E-state index contributed by atoms with van der Waals surface area (Å²) in [4.78, 5) is 54.9. The fourth-order valence-corrected chi connectivity index (χ4v) is 4.83. The van der Waals surface area contributed by atoms with E-state index in [1.807, 2.05) is 36.4 Å². The molecule has 0 spiro atoms. The van der Waals surface area contributed by atoms with Crippen LogP contribution >= 0.6 is 0 Å². The first-order valence-electron chi connectivity index (χ1n) is 11.9. The Morgan fingerprint density at radius 2 is 1.18 bits per heavy atom. The van der Waals surface area contributed by atoms with Crippen molar-refractivity contribution in [2.24, 2.45) is 0 Å². The molecule has 0 bridgehead atoms. The van der Waals surface area contributed by atoms with Crippen molar-refractivity contribution in [2.45, 2.75) is 5.92 Å². The zero-order valence-corrected chi connectivity index (χ0v) is 19.9. The Bertz CT molecular complexity index is 1530. The van der Waals surface area contributed by atoms with Gasteiger partial charge in [-0.3, -0.25) is 14.9 Å². The maximum atomic E-state index is 12.5. The Balaban J connectivity index is 1.07. The standard InChI is InChI=1S/C30H20N2O6/c33-27-24-11-5-6-12-25(24)28(34)32(27)38-29(35)18-13-15-19(16-14-18)31-30(36)37-17-26-22-9-3-1-7-20(22)21-8-2-4-10-23(21)26/h1-16,26H,17H2,(H,31,36). The van der Waals surface area contributed by atoms with E-state index < -0.39 is 23.9 Å². The summed E-state index contributed by atoms with van der Waals surface area (Å²) in [6, 6.07) is 28.2. The van der Waals surface area contributed by atoms with Crippen LogP contribution in [0.4, 0.5) is 10.5 Å². The van der Waals surface area contributed by atoms with Gasteiger partial charge in [0, 0.05) is 11.6 Å². The molecule has 0 radical (unpaired) electrons. The molecule has 8 heteroatoms. The zero-order chi connectivity index (χ0) is 26.2. The molecule has 1 heterocycles. The monoisotopic (exact) mass is 504 g/mol. The van der Waals surface area contributed by atoms with Crippen molar-refractivity contribution in [3.63, 3.8) is 0 Å². The third-order valence-electron chi connectivity index (χ3n) is 6.64. The molecule has 6 rings (SSSR count). The second-order valence-electron chi connectivity index (χ2n) is 8.86. The highest BCUT2D eigenvalue weighted by molar-refractivity contribution is 6.21. The average Bonchev–Trinajstić information content (AvgIpc) is 3.39. The van der Waals surface area contributed by atoms with E-state index in [0.29, 0.717) is 10.8 Å². The quantitative estimate of drug-likeness (QED) is 0.365. The predicted octanol–water partition coefficient (Wildman–Crippen LogP) is 5.42. The lowest BCUT2D eigenvalue weighted by Gasteiger charge is -2.15. The Morgan fingerprint density at radius 3 is 1.74 bits per heavy atom. The number of hydrogen-bond acceptors (Lipinski definition) is 6. The highest BCUT2D eigenvalue weighted by Crippen LogP contribution is 2.44. The van der Waals surface area contributed by atoms with Gasteiger partial charge in [0.25, 0.3) is 11.8 Å².